The minimum Gasteiger partial charge on any atom is -0.374 e. The highest BCUT2D eigenvalue weighted by Gasteiger charge is 2.14. The standard InChI is InChI=1S/C25H24N4O2S/c1-15-7-12-22-23(13-15)32-25(29-22)18-8-10-19(11-9-18)28-24(31)16(2)26-20-5-4-6-21(14-20)27-17(3)30/h4-14,16,26H,1-3H3,(H,27,30)(H,28,31)/t16-/m1/s1. The molecule has 0 fully saturated rings. The first-order valence-electron chi connectivity index (χ1n) is 10.3. The molecule has 162 valence electrons. The third-order valence-electron chi connectivity index (χ3n) is 4.90. The summed E-state index contributed by atoms with van der Waals surface area (Å²) in [4.78, 5) is 28.6. The summed E-state index contributed by atoms with van der Waals surface area (Å²) in [6.45, 7) is 5.32. The van der Waals surface area contributed by atoms with Crippen LogP contribution < -0.4 is 16.0 Å². The Morgan fingerprint density at radius 3 is 2.41 bits per heavy atom. The van der Waals surface area contributed by atoms with Crippen molar-refractivity contribution in [1.82, 2.24) is 4.98 Å². The molecule has 7 heteroatoms. The monoisotopic (exact) mass is 444 g/mol. The minimum absolute atomic E-state index is 0.141. The molecule has 4 rings (SSSR count). The predicted molar refractivity (Wildman–Crippen MR) is 132 cm³/mol. The lowest BCUT2D eigenvalue weighted by molar-refractivity contribution is -0.116. The maximum atomic E-state index is 12.6. The zero-order valence-corrected chi connectivity index (χ0v) is 18.9. The van der Waals surface area contributed by atoms with Crippen LogP contribution in [-0.4, -0.2) is 22.8 Å². The van der Waals surface area contributed by atoms with Gasteiger partial charge in [-0.15, -0.1) is 11.3 Å². The van der Waals surface area contributed by atoms with E-state index in [1.807, 2.05) is 42.5 Å². The predicted octanol–water partition coefficient (Wildman–Crippen LogP) is 5.67. The maximum Gasteiger partial charge on any atom is 0.246 e. The maximum absolute atomic E-state index is 12.6. The van der Waals surface area contributed by atoms with Crippen LogP contribution >= 0.6 is 11.3 Å². The zero-order chi connectivity index (χ0) is 22.7. The molecule has 0 radical (unpaired) electrons. The Morgan fingerprint density at radius 1 is 0.906 bits per heavy atom. The van der Waals surface area contributed by atoms with Gasteiger partial charge in [-0.25, -0.2) is 4.98 Å². The van der Waals surface area contributed by atoms with Crippen molar-refractivity contribution in [2.45, 2.75) is 26.8 Å². The number of hydrogen-bond acceptors (Lipinski definition) is 5. The van der Waals surface area contributed by atoms with Gasteiger partial charge in [0.15, 0.2) is 0 Å². The molecule has 0 unspecified atom stereocenters. The summed E-state index contributed by atoms with van der Waals surface area (Å²) in [6, 6.07) is 20.7. The number of nitrogens with one attached hydrogen (secondary N) is 3. The highest BCUT2D eigenvalue weighted by Crippen LogP contribution is 2.31. The van der Waals surface area contributed by atoms with Crippen LogP contribution in [0.1, 0.15) is 19.4 Å². The summed E-state index contributed by atoms with van der Waals surface area (Å²) in [6.07, 6.45) is 0. The zero-order valence-electron chi connectivity index (χ0n) is 18.1. The van der Waals surface area contributed by atoms with E-state index in [-0.39, 0.29) is 11.8 Å². The summed E-state index contributed by atoms with van der Waals surface area (Å²) in [5, 5.41) is 9.78. The van der Waals surface area contributed by atoms with Gasteiger partial charge in [0.25, 0.3) is 0 Å². The van der Waals surface area contributed by atoms with Crippen LogP contribution in [0, 0.1) is 6.92 Å². The fourth-order valence-electron chi connectivity index (χ4n) is 3.31. The second-order valence-electron chi connectivity index (χ2n) is 7.68. The molecule has 2 amide bonds. The van der Waals surface area contributed by atoms with Crippen molar-refractivity contribution in [2.75, 3.05) is 16.0 Å². The number of hydrogen-bond donors (Lipinski definition) is 3. The fraction of sp³-hybridized carbons (Fsp3) is 0.160. The third-order valence-corrected chi connectivity index (χ3v) is 5.97. The van der Waals surface area contributed by atoms with Gasteiger partial charge in [0.05, 0.1) is 10.2 Å². The number of amides is 2. The van der Waals surface area contributed by atoms with Gasteiger partial charge >= 0.3 is 0 Å². The number of anilines is 3. The third kappa shape index (κ3) is 5.12. The topological polar surface area (TPSA) is 83.1 Å². The largest absolute Gasteiger partial charge is 0.374 e. The Hall–Kier alpha value is -3.71. The van der Waals surface area contributed by atoms with Gasteiger partial charge < -0.3 is 16.0 Å². The number of nitrogens with zero attached hydrogens (tertiary/aromatic N) is 1. The van der Waals surface area contributed by atoms with E-state index in [0.29, 0.717) is 5.69 Å². The highest BCUT2D eigenvalue weighted by molar-refractivity contribution is 7.21. The summed E-state index contributed by atoms with van der Waals surface area (Å²) in [5.74, 6) is -0.296. The lowest BCUT2D eigenvalue weighted by Crippen LogP contribution is -2.31. The number of carbonyl (C=O) groups is 2. The average Bonchev–Trinajstić information content (AvgIpc) is 3.17. The van der Waals surface area contributed by atoms with Crippen molar-refractivity contribution >= 4 is 50.4 Å². The molecule has 6 nitrogen and oxygen atoms in total. The van der Waals surface area contributed by atoms with Crippen LogP contribution in [-0.2, 0) is 9.59 Å². The molecule has 0 aliphatic rings. The van der Waals surface area contributed by atoms with Crippen molar-refractivity contribution in [3.05, 3.63) is 72.3 Å². The van der Waals surface area contributed by atoms with Crippen LogP contribution in [0.4, 0.5) is 17.1 Å². The molecule has 0 saturated carbocycles. The first kappa shape index (κ1) is 21.5. The second-order valence-corrected chi connectivity index (χ2v) is 8.72. The number of fused-ring (bicyclic) bond motifs is 1. The minimum atomic E-state index is -0.463. The fourth-order valence-corrected chi connectivity index (χ4v) is 4.38. The number of benzene rings is 3. The average molecular weight is 445 g/mol. The molecule has 0 spiro atoms. The van der Waals surface area contributed by atoms with E-state index in [9.17, 15) is 9.59 Å². The molecule has 3 N–H and O–H groups in total. The number of thiazole rings is 1. The van der Waals surface area contributed by atoms with Gasteiger partial charge in [0, 0.05) is 29.5 Å². The van der Waals surface area contributed by atoms with Crippen molar-refractivity contribution < 1.29 is 9.59 Å². The lowest BCUT2D eigenvalue weighted by Gasteiger charge is -2.16. The number of aromatic nitrogens is 1. The van der Waals surface area contributed by atoms with E-state index in [0.717, 1.165) is 27.5 Å². The Balaban J connectivity index is 1.40. The van der Waals surface area contributed by atoms with E-state index in [1.54, 1.807) is 30.4 Å². The Kier molecular flexibility index (Phi) is 6.18. The van der Waals surface area contributed by atoms with E-state index < -0.39 is 6.04 Å². The van der Waals surface area contributed by atoms with E-state index in [1.165, 1.54) is 17.2 Å². The molecular weight excluding hydrogens is 420 g/mol. The highest BCUT2D eigenvalue weighted by atomic mass is 32.1. The summed E-state index contributed by atoms with van der Waals surface area (Å²) in [5.41, 5.74) is 5.38. The molecule has 3 aromatic carbocycles. The van der Waals surface area contributed by atoms with Crippen molar-refractivity contribution in [3.8, 4) is 10.6 Å². The Morgan fingerprint density at radius 2 is 1.66 bits per heavy atom. The van der Waals surface area contributed by atoms with Crippen LogP contribution in [0.2, 0.25) is 0 Å². The van der Waals surface area contributed by atoms with E-state index in [2.05, 4.69) is 35.0 Å². The van der Waals surface area contributed by atoms with Gasteiger partial charge in [-0.3, -0.25) is 9.59 Å². The molecule has 0 saturated heterocycles. The normalized spacial score (nSPS) is 11.7. The molecule has 0 aliphatic carbocycles. The smallest absolute Gasteiger partial charge is 0.246 e. The summed E-state index contributed by atoms with van der Waals surface area (Å²) < 4.78 is 1.17. The molecule has 1 heterocycles. The first-order valence-corrected chi connectivity index (χ1v) is 11.1. The van der Waals surface area contributed by atoms with Gasteiger partial charge in [-0.2, -0.15) is 0 Å². The molecule has 4 aromatic rings. The second kappa shape index (κ2) is 9.20. The van der Waals surface area contributed by atoms with Crippen LogP contribution in [0.5, 0.6) is 0 Å². The van der Waals surface area contributed by atoms with Crippen LogP contribution in [0.15, 0.2) is 66.7 Å². The Labute approximate surface area is 190 Å². The quantitative estimate of drug-likeness (QED) is 0.358. The molecule has 1 atom stereocenters. The number of rotatable bonds is 6. The van der Waals surface area contributed by atoms with Crippen LogP contribution in [0.25, 0.3) is 20.8 Å². The van der Waals surface area contributed by atoms with Gasteiger partial charge in [-0.05, 0) is 74.0 Å². The Bertz CT molecular complexity index is 1280. The molecule has 0 aliphatic heterocycles. The van der Waals surface area contributed by atoms with Gasteiger partial charge in [-0.1, -0.05) is 12.1 Å². The van der Waals surface area contributed by atoms with Gasteiger partial charge in [0.1, 0.15) is 11.0 Å². The molecule has 1 aromatic heterocycles. The van der Waals surface area contributed by atoms with Crippen molar-refractivity contribution in [1.29, 1.82) is 0 Å². The van der Waals surface area contributed by atoms with E-state index >= 15 is 0 Å². The number of aryl methyl sites for hydroxylation is 1. The summed E-state index contributed by atoms with van der Waals surface area (Å²) >= 11 is 1.66. The lowest BCUT2D eigenvalue weighted by atomic mass is 10.2. The summed E-state index contributed by atoms with van der Waals surface area (Å²) in [7, 11) is 0. The van der Waals surface area contributed by atoms with Crippen molar-refractivity contribution in [3.63, 3.8) is 0 Å². The number of carbonyl (C=O) groups excluding carboxylic acids is 2. The van der Waals surface area contributed by atoms with E-state index in [4.69, 9.17) is 4.98 Å². The SMILES string of the molecule is CC(=O)Nc1cccc(N[C@H](C)C(=O)Nc2ccc(-c3nc4ccc(C)cc4s3)cc2)c1. The molecular formula is C25H24N4O2S. The molecule has 32 heavy (non-hydrogen) atoms. The molecule has 0 bridgehead atoms. The van der Waals surface area contributed by atoms with Gasteiger partial charge in [0.2, 0.25) is 11.8 Å². The van der Waals surface area contributed by atoms with Crippen molar-refractivity contribution in [2.24, 2.45) is 0 Å². The first-order chi connectivity index (χ1) is 15.4. The van der Waals surface area contributed by atoms with Crippen LogP contribution in [0.3, 0.4) is 0 Å².